The number of carbonyl (C=O) groups is 1. The SMILES string of the molecule is Cc1ccc(CNCc2cnc(-c3ccc(C(=O)Nc4ccccc4N)cc3)c(C#N)c2)o1. The lowest BCUT2D eigenvalue weighted by Gasteiger charge is -2.10. The van der Waals surface area contributed by atoms with E-state index in [-0.39, 0.29) is 5.91 Å². The maximum atomic E-state index is 12.5. The van der Waals surface area contributed by atoms with E-state index in [2.05, 4.69) is 21.7 Å². The van der Waals surface area contributed by atoms with Gasteiger partial charge in [-0.2, -0.15) is 5.26 Å². The van der Waals surface area contributed by atoms with Gasteiger partial charge in [0.1, 0.15) is 17.6 Å². The summed E-state index contributed by atoms with van der Waals surface area (Å²) in [5.74, 6) is 1.47. The summed E-state index contributed by atoms with van der Waals surface area (Å²) in [5.41, 5.74) is 10.1. The molecule has 0 fully saturated rings. The monoisotopic (exact) mass is 437 g/mol. The normalized spacial score (nSPS) is 10.5. The Hall–Kier alpha value is -4.41. The van der Waals surface area contributed by atoms with Crippen molar-refractivity contribution in [2.75, 3.05) is 11.1 Å². The number of furan rings is 1. The molecule has 0 bridgehead atoms. The van der Waals surface area contributed by atoms with Gasteiger partial charge in [-0.05, 0) is 55.0 Å². The van der Waals surface area contributed by atoms with Crippen molar-refractivity contribution in [1.82, 2.24) is 10.3 Å². The number of benzene rings is 2. The Bertz CT molecular complexity index is 1320. The summed E-state index contributed by atoms with van der Waals surface area (Å²) in [5, 5.41) is 15.7. The van der Waals surface area contributed by atoms with Gasteiger partial charge in [-0.25, -0.2) is 0 Å². The number of para-hydroxylation sites is 2. The second kappa shape index (κ2) is 9.81. The average Bonchev–Trinajstić information content (AvgIpc) is 3.25. The first-order chi connectivity index (χ1) is 16.0. The highest BCUT2D eigenvalue weighted by molar-refractivity contribution is 6.05. The summed E-state index contributed by atoms with van der Waals surface area (Å²) in [6, 6.07) is 22.0. The molecule has 7 heteroatoms. The zero-order chi connectivity index (χ0) is 23.2. The third-order valence-electron chi connectivity index (χ3n) is 5.12. The highest BCUT2D eigenvalue weighted by Gasteiger charge is 2.11. The topological polar surface area (TPSA) is 117 Å². The van der Waals surface area contributed by atoms with Crippen LogP contribution in [0.4, 0.5) is 11.4 Å². The standard InChI is InChI=1S/C26H23N5O2/c1-17-6-11-22(33-17)16-29-14-18-12-21(13-27)25(30-15-18)19-7-9-20(10-8-19)26(32)31-24-5-3-2-4-23(24)28/h2-12,15,29H,14,16,28H2,1H3,(H,31,32). The van der Waals surface area contributed by atoms with Crippen LogP contribution in [0.5, 0.6) is 0 Å². The summed E-state index contributed by atoms with van der Waals surface area (Å²) in [6.07, 6.45) is 1.75. The fraction of sp³-hybridized carbons (Fsp3) is 0.115. The Kier molecular flexibility index (Phi) is 6.48. The number of nitrogens with two attached hydrogens (primary N) is 1. The molecule has 2 heterocycles. The predicted octanol–water partition coefficient (Wildman–Crippen LogP) is 4.65. The Morgan fingerprint density at radius 1 is 1.09 bits per heavy atom. The quantitative estimate of drug-likeness (QED) is 0.363. The molecule has 33 heavy (non-hydrogen) atoms. The minimum absolute atomic E-state index is 0.263. The Morgan fingerprint density at radius 3 is 2.58 bits per heavy atom. The molecule has 0 atom stereocenters. The van der Waals surface area contributed by atoms with Gasteiger partial charge >= 0.3 is 0 Å². The molecule has 0 aliphatic carbocycles. The number of hydrogen-bond acceptors (Lipinski definition) is 6. The van der Waals surface area contributed by atoms with Crippen molar-refractivity contribution in [1.29, 1.82) is 5.26 Å². The van der Waals surface area contributed by atoms with Gasteiger partial charge in [-0.3, -0.25) is 9.78 Å². The maximum Gasteiger partial charge on any atom is 0.255 e. The number of aryl methyl sites for hydroxylation is 1. The van der Waals surface area contributed by atoms with Crippen LogP contribution in [0.15, 0.2) is 77.3 Å². The lowest BCUT2D eigenvalue weighted by Crippen LogP contribution is -2.13. The van der Waals surface area contributed by atoms with Gasteiger partial charge < -0.3 is 20.8 Å². The van der Waals surface area contributed by atoms with Crippen LogP contribution >= 0.6 is 0 Å². The minimum atomic E-state index is -0.263. The molecule has 4 rings (SSSR count). The first-order valence-corrected chi connectivity index (χ1v) is 10.4. The predicted molar refractivity (Wildman–Crippen MR) is 127 cm³/mol. The second-order valence-corrected chi connectivity index (χ2v) is 7.59. The van der Waals surface area contributed by atoms with E-state index in [1.54, 1.807) is 54.7 Å². The molecular weight excluding hydrogens is 414 g/mol. The molecule has 0 unspecified atom stereocenters. The van der Waals surface area contributed by atoms with Crippen LogP contribution in [-0.2, 0) is 13.1 Å². The number of nitrogens with one attached hydrogen (secondary N) is 2. The van der Waals surface area contributed by atoms with Crippen molar-refractivity contribution >= 4 is 17.3 Å². The highest BCUT2D eigenvalue weighted by atomic mass is 16.3. The van der Waals surface area contributed by atoms with Crippen LogP contribution in [0.2, 0.25) is 0 Å². The number of nitriles is 1. The molecular formula is C26H23N5O2. The number of nitrogen functional groups attached to an aromatic ring is 1. The molecule has 4 aromatic rings. The summed E-state index contributed by atoms with van der Waals surface area (Å²) in [6.45, 7) is 3.06. The highest BCUT2D eigenvalue weighted by Crippen LogP contribution is 2.23. The molecule has 0 aliphatic heterocycles. The number of carbonyl (C=O) groups excluding carboxylic acids is 1. The molecule has 1 amide bonds. The number of nitrogens with zero attached hydrogens (tertiary/aromatic N) is 2. The number of anilines is 2. The number of hydrogen-bond donors (Lipinski definition) is 3. The van der Waals surface area contributed by atoms with Crippen molar-refractivity contribution in [3.63, 3.8) is 0 Å². The molecule has 2 aromatic carbocycles. The van der Waals surface area contributed by atoms with Crippen LogP contribution in [0.1, 0.15) is 33.0 Å². The van der Waals surface area contributed by atoms with E-state index < -0.39 is 0 Å². The van der Waals surface area contributed by atoms with E-state index in [0.717, 1.165) is 22.6 Å². The van der Waals surface area contributed by atoms with Crippen molar-refractivity contribution in [3.8, 4) is 17.3 Å². The van der Waals surface area contributed by atoms with E-state index in [0.29, 0.717) is 41.3 Å². The third kappa shape index (κ3) is 5.26. The molecule has 0 spiro atoms. The van der Waals surface area contributed by atoms with Crippen LogP contribution in [0.25, 0.3) is 11.3 Å². The van der Waals surface area contributed by atoms with Crippen LogP contribution in [0, 0.1) is 18.3 Å². The first kappa shape index (κ1) is 21.8. The fourth-order valence-corrected chi connectivity index (χ4v) is 3.41. The molecule has 0 radical (unpaired) electrons. The first-order valence-electron chi connectivity index (χ1n) is 10.4. The van der Waals surface area contributed by atoms with Crippen molar-refractivity contribution < 1.29 is 9.21 Å². The van der Waals surface area contributed by atoms with Gasteiger partial charge in [-0.1, -0.05) is 24.3 Å². The van der Waals surface area contributed by atoms with E-state index in [1.165, 1.54) is 0 Å². The Balaban J connectivity index is 1.44. The summed E-state index contributed by atoms with van der Waals surface area (Å²) in [7, 11) is 0. The van der Waals surface area contributed by atoms with Gasteiger partial charge in [-0.15, -0.1) is 0 Å². The average molecular weight is 438 g/mol. The smallest absolute Gasteiger partial charge is 0.255 e. The second-order valence-electron chi connectivity index (χ2n) is 7.59. The van der Waals surface area contributed by atoms with Crippen LogP contribution < -0.4 is 16.4 Å². The number of amides is 1. The van der Waals surface area contributed by atoms with Crippen molar-refractivity contribution in [2.24, 2.45) is 0 Å². The zero-order valence-electron chi connectivity index (χ0n) is 18.1. The van der Waals surface area contributed by atoms with E-state index in [4.69, 9.17) is 10.2 Å². The molecule has 4 N–H and O–H groups in total. The molecule has 7 nitrogen and oxygen atoms in total. The van der Waals surface area contributed by atoms with Crippen molar-refractivity contribution in [2.45, 2.75) is 20.0 Å². The van der Waals surface area contributed by atoms with E-state index in [9.17, 15) is 10.1 Å². The largest absolute Gasteiger partial charge is 0.465 e. The van der Waals surface area contributed by atoms with E-state index >= 15 is 0 Å². The summed E-state index contributed by atoms with van der Waals surface area (Å²) >= 11 is 0. The van der Waals surface area contributed by atoms with Gasteiger partial charge in [0.25, 0.3) is 5.91 Å². The minimum Gasteiger partial charge on any atom is -0.465 e. The third-order valence-corrected chi connectivity index (χ3v) is 5.12. The Labute approximate surface area is 191 Å². The van der Waals surface area contributed by atoms with E-state index in [1.807, 2.05) is 25.1 Å². The summed E-state index contributed by atoms with van der Waals surface area (Å²) in [4.78, 5) is 17.0. The van der Waals surface area contributed by atoms with Crippen LogP contribution in [-0.4, -0.2) is 10.9 Å². The van der Waals surface area contributed by atoms with Gasteiger partial charge in [0, 0.05) is 23.9 Å². The molecule has 0 saturated carbocycles. The molecule has 164 valence electrons. The molecule has 2 aromatic heterocycles. The van der Waals surface area contributed by atoms with Gasteiger partial charge in [0.2, 0.25) is 0 Å². The lowest BCUT2D eigenvalue weighted by molar-refractivity contribution is 0.102. The Morgan fingerprint density at radius 2 is 1.88 bits per heavy atom. The fourth-order valence-electron chi connectivity index (χ4n) is 3.41. The van der Waals surface area contributed by atoms with Crippen molar-refractivity contribution in [3.05, 3.63) is 101 Å². The summed E-state index contributed by atoms with van der Waals surface area (Å²) < 4.78 is 5.54. The zero-order valence-corrected chi connectivity index (χ0v) is 18.1. The van der Waals surface area contributed by atoms with Crippen LogP contribution in [0.3, 0.4) is 0 Å². The molecule has 0 aliphatic rings. The maximum absolute atomic E-state index is 12.5. The lowest BCUT2D eigenvalue weighted by atomic mass is 10.0. The number of rotatable bonds is 7. The van der Waals surface area contributed by atoms with Gasteiger partial charge in [0.15, 0.2) is 0 Å². The number of aromatic nitrogens is 1. The van der Waals surface area contributed by atoms with Gasteiger partial charge in [0.05, 0.1) is 29.2 Å². The molecule has 0 saturated heterocycles. The number of pyridine rings is 1.